The largest absolute Gasteiger partial charge is 0.300 e. The molecule has 3 rings (SSSR count). The van der Waals surface area contributed by atoms with Crippen molar-refractivity contribution in [1.29, 1.82) is 0 Å². The second kappa shape index (κ2) is 7.75. The lowest BCUT2D eigenvalue weighted by atomic mass is 10.2. The van der Waals surface area contributed by atoms with Gasteiger partial charge in [0.15, 0.2) is 0 Å². The van der Waals surface area contributed by atoms with E-state index in [2.05, 4.69) is 26.2 Å². The van der Waals surface area contributed by atoms with E-state index in [1.165, 1.54) is 12.1 Å². The summed E-state index contributed by atoms with van der Waals surface area (Å²) in [6.07, 6.45) is 1.89. The van der Waals surface area contributed by atoms with Crippen LogP contribution in [0.4, 0.5) is 4.79 Å². The zero-order chi connectivity index (χ0) is 18.7. The van der Waals surface area contributed by atoms with Crippen LogP contribution < -0.4 is 10.5 Å². The van der Waals surface area contributed by atoms with E-state index in [9.17, 15) is 13.2 Å². The summed E-state index contributed by atoms with van der Waals surface area (Å²) >= 11 is 4.47. The summed E-state index contributed by atoms with van der Waals surface area (Å²) in [7, 11) is -3.71. The number of carbonyl (C=O) groups excluding carboxylic acids is 1. The van der Waals surface area contributed by atoms with Crippen LogP contribution in [-0.2, 0) is 16.6 Å². The minimum absolute atomic E-state index is 0.0504. The molecule has 134 valence electrons. The predicted octanol–water partition coefficient (Wildman–Crippen LogP) is 3.49. The van der Waals surface area contributed by atoms with Gasteiger partial charge >= 0.3 is 0 Å². The molecule has 2 aromatic carbocycles. The Hall–Kier alpha value is -1.94. The highest BCUT2D eigenvalue weighted by Crippen LogP contribution is 2.27. The van der Waals surface area contributed by atoms with Crippen molar-refractivity contribution >= 4 is 54.9 Å². The minimum Gasteiger partial charge on any atom is -0.300 e. The summed E-state index contributed by atoms with van der Waals surface area (Å²) in [5.74, 6) is 0.499. The summed E-state index contributed by atoms with van der Waals surface area (Å²) in [4.78, 5) is 16.9. The molecule has 0 aliphatic carbocycles. The van der Waals surface area contributed by atoms with Crippen LogP contribution in [0.5, 0.6) is 0 Å². The molecule has 0 unspecified atom stereocenters. The average Bonchev–Trinajstić information content (AvgIpc) is 2.94. The standard InChI is InChI=1S/C17H14BrN3O3S2/c18-13-5-1-11(2-6-13)9-15-16(21-17(22)25-15)20-10-12-3-7-14(8-4-12)26(19,23)24/h1-9H,10H2,(H2,19,23,24)(H,20,21,22)/b15-9-. The second-order valence-corrected chi connectivity index (χ2v) is 8.92. The lowest BCUT2D eigenvalue weighted by molar-refractivity contribution is 0.265. The fraction of sp³-hybridized carbons (Fsp3) is 0.0588. The van der Waals surface area contributed by atoms with Gasteiger partial charge in [0.1, 0.15) is 5.84 Å². The van der Waals surface area contributed by atoms with Gasteiger partial charge in [0.2, 0.25) is 10.0 Å². The van der Waals surface area contributed by atoms with E-state index in [0.29, 0.717) is 12.4 Å². The van der Waals surface area contributed by atoms with Crippen LogP contribution in [0, 0.1) is 0 Å². The van der Waals surface area contributed by atoms with Gasteiger partial charge in [-0.3, -0.25) is 9.79 Å². The maximum Gasteiger partial charge on any atom is 0.289 e. The van der Waals surface area contributed by atoms with Gasteiger partial charge in [0.05, 0.1) is 16.3 Å². The highest BCUT2D eigenvalue weighted by molar-refractivity contribution is 9.10. The second-order valence-electron chi connectivity index (χ2n) is 5.43. The van der Waals surface area contributed by atoms with Crippen molar-refractivity contribution in [3.63, 3.8) is 0 Å². The number of halogens is 1. The molecule has 1 aliphatic rings. The van der Waals surface area contributed by atoms with Crippen molar-refractivity contribution in [3.8, 4) is 0 Å². The number of nitrogens with two attached hydrogens (primary N) is 1. The maximum absolute atomic E-state index is 11.7. The third-order valence-corrected chi connectivity index (χ3v) is 5.77. The highest BCUT2D eigenvalue weighted by Gasteiger charge is 2.23. The van der Waals surface area contributed by atoms with Gasteiger partial charge in [-0.15, -0.1) is 0 Å². The lowest BCUT2D eigenvalue weighted by Gasteiger charge is -2.02. The van der Waals surface area contributed by atoms with E-state index in [1.807, 2.05) is 30.3 Å². The van der Waals surface area contributed by atoms with Crippen molar-refractivity contribution in [2.24, 2.45) is 10.1 Å². The average molecular weight is 452 g/mol. The highest BCUT2D eigenvalue weighted by atomic mass is 79.9. The smallest absolute Gasteiger partial charge is 0.289 e. The van der Waals surface area contributed by atoms with E-state index in [4.69, 9.17) is 5.14 Å². The minimum atomic E-state index is -3.71. The Balaban J connectivity index is 1.80. The van der Waals surface area contributed by atoms with Crippen LogP contribution in [0.2, 0.25) is 0 Å². The number of hydrogen-bond donors (Lipinski definition) is 2. The monoisotopic (exact) mass is 451 g/mol. The SMILES string of the molecule is NS(=O)(=O)c1ccc(CN=C2NC(=O)S/C2=C\c2ccc(Br)cc2)cc1. The van der Waals surface area contributed by atoms with Crippen LogP contribution >= 0.6 is 27.7 Å². The van der Waals surface area contributed by atoms with E-state index in [-0.39, 0.29) is 10.1 Å². The van der Waals surface area contributed by atoms with Gasteiger partial charge in [-0.2, -0.15) is 0 Å². The fourth-order valence-corrected chi connectivity index (χ4v) is 3.75. The van der Waals surface area contributed by atoms with E-state index in [0.717, 1.165) is 32.3 Å². The maximum atomic E-state index is 11.7. The Morgan fingerprint density at radius 2 is 1.77 bits per heavy atom. The molecule has 0 atom stereocenters. The summed E-state index contributed by atoms with van der Waals surface area (Å²) in [6.45, 7) is 0.304. The van der Waals surface area contributed by atoms with Crippen LogP contribution in [0.3, 0.4) is 0 Å². The molecule has 9 heteroatoms. The first-order chi connectivity index (χ1) is 12.3. The first-order valence-electron chi connectivity index (χ1n) is 7.44. The van der Waals surface area contributed by atoms with Crippen LogP contribution in [0.25, 0.3) is 6.08 Å². The van der Waals surface area contributed by atoms with Crippen molar-refractivity contribution in [3.05, 3.63) is 69.0 Å². The number of amidine groups is 1. The van der Waals surface area contributed by atoms with Gasteiger partial charge in [-0.25, -0.2) is 13.6 Å². The number of nitrogens with one attached hydrogen (secondary N) is 1. The lowest BCUT2D eigenvalue weighted by Crippen LogP contribution is -2.19. The molecular formula is C17H14BrN3O3S2. The molecule has 1 fully saturated rings. The topological polar surface area (TPSA) is 102 Å². The fourth-order valence-electron chi connectivity index (χ4n) is 2.21. The molecular weight excluding hydrogens is 438 g/mol. The van der Waals surface area contributed by atoms with Crippen molar-refractivity contribution in [1.82, 2.24) is 5.32 Å². The van der Waals surface area contributed by atoms with Crippen molar-refractivity contribution in [2.45, 2.75) is 11.4 Å². The van der Waals surface area contributed by atoms with Crippen molar-refractivity contribution < 1.29 is 13.2 Å². The van der Waals surface area contributed by atoms with Gasteiger partial charge < -0.3 is 5.32 Å². The number of nitrogens with zero attached hydrogens (tertiary/aromatic N) is 1. The Kier molecular flexibility index (Phi) is 5.61. The van der Waals surface area contributed by atoms with Gasteiger partial charge in [-0.05, 0) is 53.2 Å². The van der Waals surface area contributed by atoms with Crippen LogP contribution in [0.1, 0.15) is 11.1 Å². The van der Waals surface area contributed by atoms with Crippen LogP contribution in [0.15, 0.2) is 67.8 Å². The number of rotatable bonds is 4. The van der Waals surface area contributed by atoms with Gasteiger partial charge in [-0.1, -0.05) is 40.2 Å². The van der Waals surface area contributed by atoms with Gasteiger partial charge in [0, 0.05) is 4.47 Å². The molecule has 26 heavy (non-hydrogen) atoms. The summed E-state index contributed by atoms with van der Waals surface area (Å²) in [5.41, 5.74) is 1.76. The van der Waals surface area contributed by atoms with E-state index >= 15 is 0 Å². The molecule has 0 radical (unpaired) electrons. The molecule has 0 aromatic heterocycles. The summed E-state index contributed by atoms with van der Waals surface area (Å²) < 4.78 is 23.5. The number of hydrogen-bond acceptors (Lipinski definition) is 5. The zero-order valence-electron chi connectivity index (χ0n) is 13.3. The first kappa shape index (κ1) is 18.8. The molecule has 1 heterocycles. The van der Waals surface area contributed by atoms with E-state index in [1.54, 1.807) is 12.1 Å². The molecule has 3 N–H and O–H groups in total. The number of aliphatic imine (C=N–C) groups is 1. The number of benzene rings is 2. The number of thioether (sulfide) groups is 1. The summed E-state index contributed by atoms with van der Waals surface area (Å²) in [5, 5.41) is 7.62. The third kappa shape index (κ3) is 4.82. The molecule has 6 nitrogen and oxygen atoms in total. The van der Waals surface area contributed by atoms with Crippen LogP contribution in [-0.4, -0.2) is 19.5 Å². The molecule has 0 spiro atoms. The van der Waals surface area contributed by atoms with E-state index < -0.39 is 10.0 Å². The predicted molar refractivity (Wildman–Crippen MR) is 107 cm³/mol. The molecule has 2 aromatic rings. The number of carbonyl (C=O) groups is 1. The number of primary sulfonamides is 1. The molecule has 0 bridgehead atoms. The first-order valence-corrected chi connectivity index (χ1v) is 10.6. The molecule has 1 amide bonds. The number of sulfonamides is 1. The molecule has 1 aliphatic heterocycles. The zero-order valence-corrected chi connectivity index (χ0v) is 16.6. The normalized spacial score (nSPS) is 17.7. The molecule has 1 saturated heterocycles. The Bertz CT molecular complexity index is 999. The Labute approximate surface area is 163 Å². The van der Waals surface area contributed by atoms with Gasteiger partial charge in [0.25, 0.3) is 5.24 Å². The Morgan fingerprint density at radius 3 is 2.38 bits per heavy atom. The Morgan fingerprint density at radius 1 is 1.12 bits per heavy atom. The number of amides is 1. The quantitative estimate of drug-likeness (QED) is 0.742. The third-order valence-electron chi connectivity index (χ3n) is 3.50. The summed E-state index contributed by atoms with van der Waals surface area (Å²) in [6, 6.07) is 13.9. The van der Waals surface area contributed by atoms with Crippen molar-refractivity contribution in [2.75, 3.05) is 0 Å². The molecule has 0 saturated carbocycles.